The number of anilines is 1. The zero-order valence-corrected chi connectivity index (χ0v) is 15.8. The smallest absolute Gasteiger partial charge is 0.304 e. The van der Waals surface area contributed by atoms with Gasteiger partial charge >= 0.3 is 4.87 Å². The van der Waals surface area contributed by atoms with Crippen molar-refractivity contribution in [2.45, 2.75) is 12.1 Å². The van der Waals surface area contributed by atoms with E-state index < -0.39 is 12.1 Å². The van der Waals surface area contributed by atoms with E-state index in [1.54, 1.807) is 65.9 Å². The molecular formula is C19H15ClN2O4S. The highest BCUT2D eigenvalue weighted by molar-refractivity contribution is 7.07. The Morgan fingerprint density at radius 3 is 2.30 bits per heavy atom. The van der Waals surface area contributed by atoms with Crippen molar-refractivity contribution in [1.82, 2.24) is 4.98 Å². The monoisotopic (exact) mass is 402 g/mol. The molecule has 0 bridgehead atoms. The lowest BCUT2D eigenvalue weighted by molar-refractivity contribution is -0.135. The lowest BCUT2D eigenvalue weighted by atomic mass is 9.94. The third kappa shape index (κ3) is 3.31. The number of rotatable bonds is 5. The SMILES string of the molecule is COc1ccc(N2C(=O)[C@H](Oc3ccc(Cl)cc3)[C@@H]2c2csc(=O)[nH]2)cc1. The molecule has 1 N–H and O–H groups in total. The molecule has 27 heavy (non-hydrogen) atoms. The summed E-state index contributed by atoms with van der Waals surface area (Å²) in [5, 5.41) is 2.30. The van der Waals surface area contributed by atoms with Crippen LogP contribution in [0.2, 0.25) is 5.02 Å². The number of hydrogen-bond acceptors (Lipinski definition) is 5. The summed E-state index contributed by atoms with van der Waals surface area (Å²) in [6.45, 7) is 0. The van der Waals surface area contributed by atoms with Gasteiger partial charge in [0.1, 0.15) is 17.5 Å². The fourth-order valence-corrected chi connectivity index (χ4v) is 3.74. The molecule has 0 spiro atoms. The van der Waals surface area contributed by atoms with E-state index in [-0.39, 0.29) is 10.8 Å². The van der Waals surface area contributed by atoms with Gasteiger partial charge in [-0.15, -0.1) is 0 Å². The topological polar surface area (TPSA) is 71.6 Å². The zero-order chi connectivity index (χ0) is 19.0. The van der Waals surface area contributed by atoms with Gasteiger partial charge in [0.2, 0.25) is 6.10 Å². The number of hydrogen-bond donors (Lipinski definition) is 1. The van der Waals surface area contributed by atoms with Crippen molar-refractivity contribution in [3.05, 3.63) is 74.3 Å². The molecule has 2 heterocycles. The minimum Gasteiger partial charge on any atom is -0.497 e. The third-order valence-corrected chi connectivity index (χ3v) is 5.27. The molecule has 8 heteroatoms. The number of carbonyl (C=O) groups is 1. The Hall–Kier alpha value is -2.77. The fourth-order valence-electron chi connectivity index (χ4n) is 3.01. The van der Waals surface area contributed by atoms with Gasteiger partial charge in [0, 0.05) is 16.1 Å². The first kappa shape index (κ1) is 17.6. The van der Waals surface area contributed by atoms with Crippen LogP contribution in [0.3, 0.4) is 0 Å². The highest BCUT2D eigenvalue weighted by Gasteiger charge is 2.51. The number of ether oxygens (including phenoxy) is 2. The molecule has 6 nitrogen and oxygen atoms in total. The summed E-state index contributed by atoms with van der Waals surface area (Å²) < 4.78 is 11.1. The highest BCUT2D eigenvalue weighted by Crippen LogP contribution is 2.41. The van der Waals surface area contributed by atoms with Crippen molar-refractivity contribution >= 4 is 34.5 Å². The van der Waals surface area contributed by atoms with Crippen LogP contribution in [0, 0.1) is 0 Å². The number of β-lactam (4-membered cyclic amide) rings is 1. The molecule has 138 valence electrons. The molecule has 0 saturated carbocycles. The first-order valence-electron chi connectivity index (χ1n) is 8.14. The van der Waals surface area contributed by atoms with Gasteiger partial charge in [0.05, 0.1) is 12.8 Å². The van der Waals surface area contributed by atoms with Crippen LogP contribution in [0.1, 0.15) is 11.7 Å². The van der Waals surface area contributed by atoms with E-state index in [9.17, 15) is 9.59 Å². The zero-order valence-electron chi connectivity index (χ0n) is 14.2. The molecule has 1 saturated heterocycles. The molecule has 3 aromatic rings. The van der Waals surface area contributed by atoms with Crippen LogP contribution in [0.5, 0.6) is 11.5 Å². The van der Waals surface area contributed by atoms with Crippen molar-refractivity contribution in [1.29, 1.82) is 0 Å². The van der Waals surface area contributed by atoms with Gasteiger partial charge in [0.25, 0.3) is 5.91 Å². The van der Waals surface area contributed by atoms with Crippen LogP contribution in [0.15, 0.2) is 58.7 Å². The molecule has 1 aliphatic heterocycles. The number of aromatic nitrogens is 1. The number of benzene rings is 2. The Morgan fingerprint density at radius 2 is 1.70 bits per heavy atom. The summed E-state index contributed by atoms with van der Waals surface area (Å²) in [6, 6.07) is 13.5. The molecule has 1 aromatic heterocycles. The largest absolute Gasteiger partial charge is 0.497 e. The summed E-state index contributed by atoms with van der Waals surface area (Å²) in [4.78, 5) is 28.7. The Morgan fingerprint density at radius 1 is 1.04 bits per heavy atom. The van der Waals surface area contributed by atoms with E-state index in [0.717, 1.165) is 11.3 Å². The summed E-state index contributed by atoms with van der Waals surface area (Å²) in [5.74, 6) is 1.04. The Kier molecular flexibility index (Phi) is 4.63. The van der Waals surface area contributed by atoms with Crippen LogP contribution in [0.25, 0.3) is 0 Å². The van der Waals surface area contributed by atoms with Crippen molar-refractivity contribution in [3.8, 4) is 11.5 Å². The average molecular weight is 403 g/mol. The molecule has 0 aliphatic carbocycles. The molecule has 4 rings (SSSR count). The second-order valence-electron chi connectivity index (χ2n) is 5.95. The highest BCUT2D eigenvalue weighted by atomic mass is 35.5. The van der Waals surface area contributed by atoms with E-state index in [4.69, 9.17) is 21.1 Å². The molecule has 2 atom stereocenters. The summed E-state index contributed by atoms with van der Waals surface area (Å²) in [5.41, 5.74) is 1.34. The maximum absolute atomic E-state index is 12.8. The summed E-state index contributed by atoms with van der Waals surface area (Å²) in [7, 11) is 1.58. The number of aromatic amines is 1. The van der Waals surface area contributed by atoms with Crippen molar-refractivity contribution in [3.63, 3.8) is 0 Å². The molecule has 2 aromatic carbocycles. The Bertz CT molecular complexity index is 1010. The van der Waals surface area contributed by atoms with Gasteiger partial charge in [-0.3, -0.25) is 14.5 Å². The lowest BCUT2D eigenvalue weighted by Gasteiger charge is -2.45. The molecule has 1 aliphatic rings. The lowest BCUT2D eigenvalue weighted by Crippen LogP contribution is -2.61. The number of carbonyl (C=O) groups excluding carboxylic acids is 1. The maximum Gasteiger partial charge on any atom is 0.304 e. The molecule has 1 fully saturated rings. The number of halogens is 1. The summed E-state index contributed by atoms with van der Waals surface area (Å²) >= 11 is 6.96. The minimum absolute atomic E-state index is 0.177. The predicted octanol–water partition coefficient (Wildman–Crippen LogP) is 3.63. The standard InChI is InChI=1S/C19H15ClN2O4S/c1-25-13-8-4-12(5-9-13)22-16(15-10-27-19(24)21-15)17(18(22)23)26-14-6-2-11(20)3-7-14/h2-10,16-17H,1H3,(H,21,24)/t16-,17+/m0/s1. The number of amides is 1. The van der Waals surface area contributed by atoms with Gasteiger partial charge in [-0.1, -0.05) is 22.9 Å². The van der Waals surface area contributed by atoms with E-state index in [1.165, 1.54) is 0 Å². The molecule has 0 unspecified atom stereocenters. The van der Waals surface area contributed by atoms with Crippen LogP contribution >= 0.6 is 22.9 Å². The predicted molar refractivity (Wildman–Crippen MR) is 104 cm³/mol. The molecular weight excluding hydrogens is 388 g/mol. The third-order valence-electron chi connectivity index (χ3n) is 4.33. The first-order chi connectivity index (χ1) is 13.1. The minimum atomic E-state index is -0.737. The van der Waals surface area contributed by atoms with Gasteiger partial charge in [0.15, 0.2) is 0 Å². The van der Waals surface area contributed by atoms with E-state index in [0.29, 0.717) is 27.9 Å². The second-order valence-corrected chi connectivity index (χ2v) is 7.23. The van der Waals surface area contributed by atoms with Crippen molar-refractivity contribution < 1.29 is 14.3 Å². The van der Waals surface area contributed by atoms with E-state index in [2.05, 4.69) is 4.98 Å². The van der Waals surface area contributed by atoms with Crippen LogP contribution < -0.4 is 19.2 Å². The van der Waals surface area contributed by atoms with Gasteiger partial charge < -0.3 is 14.5 Å². The van der Waals surface area contributed by atoms with E-state index in [1.807, 2.05) is 0 Å². The van der Waals surface area contributed by atoms with Crippen molar-refractivity contribution in [2.24, 2.45) is 0 Å². The first-order valence-corrected chi connectivity index (χ1v) is 9.39. The number of nitrogens with zero attached hydrogens (tertiary/aromatic N) is 1. The summed E-state index contributed by atoms with van der Waals surface area (Å²) in [6.07, 6.45) is -0.737. The van der Waals surface area contributed by atoms with Gasteiger partial charge in [-0.25, -0.2) is 0 Å². The molecule has 1 amide bonds. The Labute approximate surface area is 163 Å². The second kappa shape index (κ2) is 7.09. The van der Waals surface area contributed by atoms with Gasteiger partial charge in [-0.05, 0) is 48.5 Å². The Balaban J connectivity index is 1.66. The number of nitrogens with one attached hydrogen (secondary N) is 1. The number of methoxy groups -OCH3 is 1. The quantitative estimate of drug-likeness (QED) is 0.661. The van der Waals surface area contributed by atoms with E-state index >= 15 is 0 Å². The van der Waals surface area contributed by atoms with Crippen molar-refractivity contribution in [2.75, 3.05) is 12.0 Å². The maximum atomic E-state index is 12.8. The molecule has 0 radical (unpaired) electrons. The van der Waals surface area contributed by atoms with Crippen LogP contribution in [-0.4, -0.2) is 24.1 Å². The number of thiazole rings is 1. The van der Waals surface area contributed by atoms with Gasteiger partial charge in [-0.2, -0.15) is 0 Å². The van der Waals surface area contributed by atoms with Crippen LogP contribution in [-0.2, 0) is 4.79 Å². The van der Waals surface area contributed by atoms with Crippen LogP contribution in [0.4, 0.5) is 5.69 Å². The fraction of sp³-hybridized carbons (Fsp3) is 0.158. The average Bonchev–Trinajstić information content (AvgIpc) is 3.11. The number of H-pyrrole nitrogens is 1. The normalized spacial score (nSPS) is 18.9.